The van der Waals surface area contributed by atoms with Gasteiger partial charge in [0, 0.05) is 12.0 Å². The second-order valence-electron chi connectivity index (χ2n) is 10.1. The standard InChI is InChI=1S/C26H33FO3Si/c1-25(2,3)31(21-11-7-5-8-12-21,22-13-9-6-10-14-22)30-20-17-19-15-16-26(27,23(19)18-20)24(28)29-4/h5-14,19-20,23H,15-18H2,1-4H3. The van der Waals surface area contributed by atoms with Crippen molar-refractivity contribution >= 4 is 24.7 Å². The molecule has 4 unspecified atom stereocenters. The zero-order valence-electron chi connectivity index (χ0n) is 18.9. The van der Waals surface area contributed by atoms with Gasteiger partial charge in [0.2, 0.25) is 5.67 Å². The molecule has 2 aromatic carbocycles. The molecule has 4 rings (SSSR count). The van der Waals surface area contributed by atoms with Gasteiger partial charge in [0.05, 0.1) is 7.11 Å². The summed E-state index contributed by atoms with van der Waals surface area (Å²) in [5.41, 5.74) is -1.87. The first-order valence-corrected chi connectivity index (χ1v) is 13.2. The van der Waals surface area contributed by atoms with E-state index in [9.17, 15) is 4.79 Å². The fourth-order valence-corrected chi connectivity index (χ4v) is 10.7. The van der Waals surface area contributed by atoms with E-state index < -0.39 is 20.0 Å². The van der Waals surface area contributed by atoms with Crippen LogP contribution in [0.4, 0.5) is 4.39 Å². The summed E-state index contributed by atoms with van der Waals surface area (Å²) in [6, 6.07) is 21.0. The van der Waals surface area contributed by atoms with Gasteiger partial charge in [-0.2, -0.15) is 0 Å². The van der Waals surface area contributed by atoms with Gasteiger partial charge in [-0.05, 0) is 47.0 Å². The summed E-state index contributed by atoms with van der Waals surface area (Å²) in [4.78, 5) is 12.2. The van der Waals surface area contributed by atoms with Crippen molar-refractivity contribution in [3.63, 3.8) is 0 Å². The van der Waals surface area contributed by atoms with Crippen LogP contribution in [0.1, 0.15) is 46.5 Å². The van der Waals surface area contributed by atoms with Gasteiger partial charge >= 0.3 is 5.97 Å². The second-order valence-corrected chi connectivity index (χ2v) is 14.4. The summed E-state index contributed by atoms with van der Waals surface area (Å²) in [5.74, 6) is -0.860. The van der Waals surface area contributed by atoms with E-state index in [2.05, 4.69) is 69.3 Å². The van der Waals surface area contributed by atoms with Crippen molar-refractivity contribution in [3.8, 4) is 0 Å². The first-order chi connectivity index (χ1) is 14.7. The van der Waals surface area contributed by atoms with E-state index in [0.717, 1.165) is 12.8 Å². The van der Waals surface area contributed by atoms with Crippen molar-refractivity contribution in [2.24, 2.45) is 11.8 Å². The molecule has 31 heavy (non-hydrogen) atoms. The quantitative estimate of drug-likeness (QED) is 0.502. The Hall–Kier alpha value is -1.98. The fourth-order valence-electron chi connectivity index (χ4n) is 5.99. The molecule has 2 fully saturated rings. The van der Waals surface area contributed by atoms with Crippen LogP contribution in [0.15, 0.2) is 60.7 Å². The number of carbonyl (C=O) groups excluding carboxylic acids is 1. The number of hydrogen-bond donors (Lipinski definition) is 0. The van der Waals surface area contributed by atoms with E-state index in [1.54, 1.807) is 0 Å². The number of carbonyl (C=O) groups is 1. The lowest BCUT2D eigenvalue weighted by Crippen LogP contribution is -2.67. The summed E-state index contributed by atoms with van der Waals surface area (Å²) in [7, 11) is -1.40. The zero-order chi connectivity index (χ0) is 22.3. The minimum Gasteiger partial charge on any atom is -0.467 e. The third-order valence-electron chi connectivity index (χ3n) is 7.40. The van der Waals surface area contributed by atoms with Gasteiger partial charge in [0.1, 0.15) is 0 Å². The van der Waals surface area contributed by atoms with Crippen molar-refractivity contribution in [1.82, 2.24) is 0 Å². The molecule has 0 heterocycles. The smallest absolute Gasteiger partial charge is 0.343 e. The van der Waals surface area contributed by atoms with Gasteiger partial charge in [0.25, 0.3) is 8.32 Å². The van der Waals surface area contributed by atoms with Crippen molar-refractivity contribution in [3.05, 3.63) is 60.7 Å². The summed E-state index contributed by atoms with van der Waals surface area (Å²) in [6.45, 7) is 6.76. The predicted molar refractivity (Wildman–Crippen MR) is 124 cm³/mol. The highest BCUT2D eigenvalue weighted by Crippen LogP contribution is 2.54. The third-order valence-corrected chi connectivity index (χ3v) is 12.5. The molecule has 4 atom stereocenters. The minimum atomic E-state index is -2.68. The molecule has 2 aliphatic rings. The van der Waals surface area contributed by atoms with Gasteiger partial charge in [-0.3, -0.25) is 0 Å². The van der Waals surface area contributed by atoms with Crippen LogP contribution in [0.25, 0.3) is 0 Å². The predicted octanol–water partition coefficient (Wildman–Crippen LogP) is 4.63. The van der Waals surface area contributed by atoms with Crippen LogP contribution >= 0.6 is 0 Å². The summed E-state index contributed by atoms with van der Waals surface area (Å²) < 4.78 is 27.7. The minimum absolute atomic E-state index is 0.0682. The van der Waals surface area contributed by atoms with Gasteiger partial charge < -0.3 is 9.16 Å². The Morgan fingerprint density at radius 1 is 1.00 bits per heavy atom. The van der Waals surface area contributed by atoms with E-state index in [-0.39, 0.29) is 29.4 Å². The van der Waals surface area contributed by atoms with E-state index in [4.69, 9.17) is 9.16 Å². The van der Waals surface area contributed by atoms with Gasteiger partial charge in [-0.1, -0.05) is 81.4 Å². The van der Waals surface area contributed by atoms with Crippen molar-refractivity contribution in [1.29, 1.82) is 0 Å². The molecule has 166 valence electrons. The van der Waals surface area contributed by atoms with Crippen molar-refractivity contribution < 1.29 is 18.3 Å². The molecular weight excluding hydrogens is 407 g/mol. The number of rotatable bonds is 5. The Morgan fingerprint density at radius 2 is 1.55 bits per heavy atom. The van der Waals surface area contributed by atoms with Gasteiger partial charge in [0.15, 0.2) is 0 Å². The monoisotopic (exact) mass is 440 g/mol. The van der Waals surface area contributed by atoms with E-state index in [1.807, 2.05) is 12.1 Å². The number of alkyl halides is 1. The average Bonchev–Trinajstić information content (AvgIpc) is 3.32. The van der Waals surface area contributed by atoms with Crippen LogP contribution in [0, 0.1) is 11.8 Å². The number of esters is 1. The normalized spacial score (nSPS) is 28.4. The van der Waals surface area contributed by atoms with E-state index in [0.29, 0.717) is 6.42 Å². The molecule has 0 aliphatic heterocycles. The molecule has 0 radical (unpaired) electrons. The molecule has 2 saturated carbocycles. The van der Waals surface area contributed by atoms with Gasteiger partial charge in [-0.15, -0.1) is 0 Å². The van der Waals surface area contributed by atoms with Crippen molar-refractivity contribution in [2.75, 3.05) is 7.11 Å². The molecule has 2 aliphatic carbocycles. The number of hydrogen-bond acceptors (Lipinski definition) is 3. The van der Waals surface area contributed by atoms with Crippen LogP contribution in [0.3, 0.4) is 0 Å². The molecule has 0 N–H and O–H groups in total. The van der Waals surface area contributed by atoms with Crippen LogP contribution < -0.4 is 10.4 Å². The summed E-state index contributed by atoms with van der Waals surface area (Å²) in [5, 5.41) is 2.33. The Kier molecular flexibility index (Phi) is 5.86. The highest BCUT2D eigenvalue weighted by Gasteiger charge is 2.60. The van der Waals surface area contributed by atoms with E-state index in [1.165, 1.54) is 17.5 Å². The number of halogens is 1. The average molecular weight is 441 g/mol. The first kappa shape index (κ1) is 22.2. The number of fused-ring (bicyclic) bond motifs is 1. The number of ether oxygens (including phenoxy) is 1. The molecule has 3 nitrogen and oxygen atoms in total. The van der Waals surface area contributed by atoms with Crippen LogP contribution in [0.2, 0.25) is 5.04 Å². The van der Waals surface area contributed by atoms with Crippen LogP contribution in [-0.4, -0.2) is 33.2 Å². The van der Waals surface area contributed by atoms with E-state index >= 15 is 4.39 Å². The largest absolute Gasteiger partial charge is 0.467 e. The SMILES string of the molecule is COC(=O)C1(F)CCC2CC(O[Si](c3ccccc3)(c3ccccc3)C(C)(C)C)CC21. The Bertz CT molecular complexity index is 872. The second kappa shape index (κ2) is 8.17. The fraction of sp³-hybridized carbons (Fsp3) is 0.500. The number of methoxy groups -OCH3 is 1. The third kappa shape index (κ3) is 3.66. The molecule has 2 aromatic rings. The highest BCUT2D eigenvalue weighted by atomic mass is 28.4. The number of benzene rings is 2. The zero-order valence-corrected chi connectivity index (χ0v) is 19.9. The topological polar surface area (TPSA) is 35.5 Å². The lowest BCUT2D eigenvalue weighted by Gasteiger charge is -2.45. The Balaban J connectivity index is 1.73. The maximum atomic E-state index is 15.6. The molecule has 0 bridgehead atoms. The summed E-state index contributed by atoms with van der Waals surface area (Å²) in [6.07, 6.45) is 2.29. The molecule has 0 aromatic heterocycles. The summed E-state index contributed by atoms with van der Waals surface area (Å²) >= 11 is 0. The molecule has 0 amide bonds. The van der Waals surface area contributed by atoms with Gasteiger partial charge in [-0.25, -0.2) is 9.18 Å². The Morgan fingerprint density at radius 3 is 2.03 bits per heavy atom. The van der Waals surface area contributed by atoms with Crippen LogP contribution in [0.5, 0.6) is 0 Å². The maximum Gasteiger partial charge on any atom is 0.343 e. The highest BCUT2D eigenvalue weighted by molar-refractivity contribution is 6.99. The first-order valence-electron chi connectivity index (χ1n) is 11.3. The van der Waals surface area contributed by atoms with Crippen LogP contribution in [-0.2, 0) is 14.0 Å². The molecule has 0 spiro atoms. The molecule has 0 saturated heterocycles. The Labute approximate surface area is 186 Å². The lowest BCUT2D eigenvalue weighted by atomic mass is 9.89. The molecule has 5 heteroatoms. The van der Waals surface area contributed by atoms with Crippen molar-refractivity contribution in [2.45, 2.75) is 63.3 Å². The lowest BCUT2D eigenvalue weighted by molar-refractivity contribution is -0.157. The molecular formula is C26H33FO3Si. The maximum absolute atomic E-state index is 15.6.